The fourth-order valence-electron chi connectivity index (χ4n) is 2.90. The maximum Gasteiger partial charge on any atom is 0.146 e. The van der Waals surface area contributed by atoms with Gasteiger partial charge in [0.2, 0.25) is 0 Å². The third kappa shape index (κ3) is 8.09. The van der Waals surface area contributed by atoms with Crippen LogP contribution in [0.2, 0.25) is 0 Å². The van der Waals surface area contributed by atoms with Gasteiger partial charge in [-0.05, 0) is 25.3 Å². The van der Waals surface area contributed by atoms with Crippen molar-refractivity contribution in [2.45, 2.75) is 45.6 Å². The second-order valence-electron chi connectivity index (χ2n) is 6.51. The highest BCUT2D eigenvalue weighted by Gasteiger charge is 2.13. The summed E-state index contributed by atoms with van der Waals surface area (Å²) in [6.45, 7) is 6.84. The fraction of sp³-hybridized carbons (Fsp3) is 0.455. The lowest BCUT2D eigenvalue weighted by Gasteiger charge is -2.12. The van der Waals surface area contributed by atoms with Gasteiger partial charge in [0.05, 0.1) is 26.0 Å². The summed E-state index contributed by atoms with van der Waals surface area (Å²) in [6, 6.07) is 9.66. The quantitative estimate of drug-likeness (QED) is 0.304. The first-order valence-corrected chi connectivity index (χ1v) is 10.0. The van der Waals surface area contributed by atoms with E-state index in [0.717, 1.165) is 17.7 Å². The Morgan fingerprint density at radius 2 is 1.90 bits per heavy atom. The number of ether oxygens (including phenoxy) is 1. The first-order chi connectivity index (χ1) is 14.1. The second-order valence-corrected chi connectivity index (χ2v) is 6.51. The number of aliphatic hydroxyl groups is 1. The van der Waals surface area contributed by atoms with E-state index in [9.17, 15) is 0 Å². The lowest BCUT2D eigenvalue weighted by atomic mass is 10.2. The number of aliphatic imine (C=N–C) groups is 2. The Kier molecular flexibility index (Phi) is 12.1. The van der Waals surface area contributed by atoms with Gasteiger partial charge < -0.3 is 25.9 Å². The molecule has 160 valence electrons. The van der Waals surface area contributed by atoms with Gasteiger partial charge in [0.15, 0.2) is 0 Å². The van der Waals surface area contributed by atoms with Crippen molar-refractivity contribution < 1.29 is 9.84 Å². The predicted molar refractivity (Wildman–Crippen MR) is 121 cm³/mol. The van der Waals surface area contributed by atoms with E-state index in [1.54, 1.807) is 7.11 Å². The number of hydrogen-bond donors (Lipinski definition) is 3. The van der Waals surface area contributed by atoms with Crippen LogP contribution < -0.4 is 16.2 Å². The molecule has 7 nitrogen and oxygen atoms in total. The van der Waals surface area contributed by atoms with Crippen molar-refractivity contribution in [3.05, 3.63) is 47.8 Å². The molecule has 2 aromatic rings. The van der Waals surface area contributed by atoms with E-state index >= 15 is 0 Å². The molecule has 1 aromatic carbocycles. The summed E-state index contributed by atoms with van der Waals surface area (Å²) in [5.74, 6) is 1.17. The zero-order valence-corrected chi connectivity index (χ0v) is 17.7. The van der Waals surface area contributed by atoms with Crippen LogP contribution in [0.3, 0.4) is 0 Å². The van der Waals surface area contributed by atoms with Gasteiger partial charge in [0.1, 0.15) is 17.3 Å². The molecule has 5 N–H and O–H groups in total. The van der Waals surface area contributed by atoms with Gasteiger partial charge in [-0.25, -0.2) is 0 Å². The maximum atomic E-state index is 8.37. The molecule has 7 heteroatoms. The molecule has 0 amide bonds. The number of para-hydroxylation sites is 1. The minimum Gasteiger partial charge on any atom is -0.496 e. The number of nitrogens with two attached hydrogens (primary N) is 2. The molecule has 0 saturated heterocycles. The Balaban J connectivity index is 0.000000447. The van der Waals surface area contributed by atoms with Crippen LogP contribution in [0.5, 0.6) is 5.75 Å². The molecular weight excluding hydrogens is 366 g/mol. The Morgan fingerprint density at radius 3 is 2.52 bits per heavy atom. The molecule has 0 atom stereocenters. The van der Waals surface area contributed by atoms with Crippen molar-refractivity contribution >= 4 is 18.2 Å². The molecule has 29 heavy (non-hydrogen) atoms. The van der Waals surface area contributed by atoms with Crippen molar-refractivity contribution in [3.63, 3.8) is 0 Å². The first kappa shape index (κ1) is 24.4. The number of aromatic nitrogens is 1. The molecule has 1 heterocycles. The van der Waals surface area contributed by atoms with Crippen LogP contribution in [0.1, 0.15) is 50.3 Å². The van der Waals surface area contributed by atoms with Crippen molar-refractivity contribution in [1.29, 1.82) is 0 Å². The summed E-state index contributed by atoms with van der Waals surface area (Å²) in [5.41, 5.74) is 13.8. The standard InChI is InChI=1S/C15H19N5O.C7H16O/c1-18-12-7-8-20(14(12)15(17)19-10-16)9-11-5-3-4-6-13(11)21-2;1-2-3-4-5-6-7-8/h3-8H,1,9-10,16H2,2H3,(H2,17,19);8H,2-7H2,1H3. The average Bonchev–Trinajstić information content (AvgIpc) is 3.15. The van der Waals surface area contributed by atoms with Gasteiger partial charge in [0, 0.05) is 18.4 Å². The molecular formula is C22H35N5O2. The molecule has 0 aliphatic carbocycles. The number of unbranched alkanes of at least 4 members (excludes halogenated alkanes) is 4. The summed E-state index contributed by atoms with van der Waals surface area (Å²) >= 11 is 0. The highest BCUT2D eigenvalue weighted by molar-refractivity contribution is 6.00. The lowest BCUT2D eigenvalue weighted by molar-refractivity contribution is 0.282. The fourth-order valence-corrected chi connectivity index (χ4v) is 2.90. The van der Waals surface area contributed by atoms with E-state index in [1.165, 1.54) is 25.7 Å². The molecule has 0 spiro atoms. The number of methoxy groups -OCH3 is 1. The second kappa shape index (κ2) is 14.4. The summed E-state index contributed by atoms with van der Waals surface area (Å²) in [6.07, 6.45) is 7.97. The Labute approximate surface area is 174 Å². The van der Waals surface area contributed by atoms with Crippen LogP contribution in [-0.4, -0.2) is 42.6 Å². The van der Waals surface area contributed by atoms with Crippen LogP contribution in [0, 0.1) is 0 Å². The predicted octanol–water partition coefficient (Wildman–Crippen LogP) is 3.45. The van der Waals surface area contributed by atoms with Gasteiger partial charge in [-0.15, -0.1) is 0 Å². The van der Waals surface area contributed by atoms with Crippen molar-refractivity contribution in [2.75, 3.05) is 20.4 Å². The van der Waals surface area contributed by atoms with Gasteiger partial charge in [0.25, 0.3) is 0 Å². The minimum absolute atomic E-state index is 0.127. The zero-order valence-electron chi connectivity index (χ0n) is 17.7. The van der Waals surface area contributed by atoms with Gasteiger partial charge in [-0.1, -0.05) is 50.8 Å². The summed E-state index contributed by atoms with van der Waals surface area (Å²) in [4.78, 5) is 8.03. The monoisotopic (exact) mass is 401 g/mol. The molecule has 0 unspecified atom stereocenters. The smallest absolute Gasteiger partial charge is 0.146 e. The van der Waals surface area contributed by atoms with Crippen LogP contribution in [-0.2, 0) is 6.54 Å². The molecule has 0 saturated carbocycles. The Bertz CT molecular complexity index is 749. The van der Waals surface area contributed by atoms with E-state index in [-0.39, 0.29) is 6.67 Å². The number of amidine groups is 1. The number of aliphatic hydroxyl groups excluding tert-OH is 1. The number of benzene rings is 1. The highest BCUT2D eigenvalue weighted by Crippen LogP contribution is 2.24. The molecule has 1 aromatic heterocycles. The largest absolute Gasteiger partial charge is 0.496 e. The van der Waals surface area contributed by atoms with Crippen molar-refractivity contribution in [2.24, 2.45) is 21.5 Å². The molecule has 0 aliphatic heterocycles. The van der Waals surface area contributed by atoms with Gasteiger partial charge in [-0.2, -0.15) is 0 Å². The van der Waals surface area contributed by atoms with Crippen molar-refractivity contribution in [1.82, 2.24) is 4.57 Å². The Morgan fingerprint density at radius 1 is 1.17 bits per heavy atom. The van der Waals surface area contributed by atoms with E-state index in [4.69, 9.17) is 21.3 Å². The topological polar surface area (TPSA) is 111 Å². The SMILES string of the molecule is C=Nc1ccn(Cc2ccccc2OC)c1/C(N)=N\CN.CCCCCCCO. The maximum absolute atomic E-state index is 8.37. The van der Waals surface area contributed by atoms with Gasteiger partial charge in [-0.3, -0.25) is 9.98 Å². The summed E-state index contributed by atoms with van der Waals surface area (Å²) in [5, 5.41) is 8.37. The van der Waals surface area contributed by atoms with Crippen LogP contribution >= 0.6 is 0 Å². The number of rotatable bonds is 11. The van der Waals surface area contributed by atoms with E-state index in [0.29, 0.717) is 30.4 Å². The third-order valence-electron chi connectivity index (χ3n) is 4.41. The third-order valence-corrected chi connectivity index (χ3v) is 4.41. The lowest BCUT2D eigenvalue weighted by Crippen LogP contribution is -2.20. The van der Waals surface area contributed by atoms with Crippen LogP contribution in [0.4, 0.5) is 5.69 Å². The summed E-state index contributed by atoms with van der Waals surface area (Å²) in [7, 11) is 1.65. The van der Waals surface area contributed by atoms with E-state index < -0.39 is 0 Å². The Hall–Kier alpha value is -2.64. The van der Waals surface area contributed by atoms with Gasteiger partial charge >= 0.3 is 0 Å². The normalized spacial score (nSPS) is 11.0. The molecule has 0 bridgehead atoms. The van der Waals surface area contributed by atoms with Crippen LogP contribution in [0.25, 0.3) is 0 Å². The van der Waals surface area contributed by atoms with E-state index in [2.05, 4.69) is 23.6 Å². The number of hydrogen-bond acceptors (Lipinski definition) is 5. The first-order valence-electron chi connectivity index (χ1n) is 10.0. The molecule has 0 aliphatic rings. The summed E-state index contributed by atoms with van der Waals surface area (Å²) < 4.78 is 7.32. The molecule has 0 fully saturated rings. The van der Waals surface area contributed by atoms with Crippen molar-refractivity contribution in [3.8, 4) is 5.75 Å². The number of nitrogens with zero attached hydrogens (tertiary/aromatic N) is 3. The highest BCUT2D eigenvalue weighted by atomic mass is 16.5. The van der Waals surface area contributed by atoms with Crippen LogP contribution in [0.15, 0.2) is 46.5 Å². The minimum atomic E-state index is 0.127. The molecule has 2 rings (SSSR count). The average molecular weight is 402 g/mol. The zero-order chi connectivity index (χ0) is 21.5. The van der Waals surface area contributed by atoms with E-state index in [1.807, 2.05) is 41.1 Å². The molecule has 0 radical (unpaired) electrons.